The second kappa shape index (κ2) is 18.1. The Balaban J connectivity index is 1.01. The fourth-order valence-corrected chi connectivity index (χ4v) is 15.0. The molecule has 0 atom stereocenters. The Hall–Kier alpha value is -10.8. The maximum atomic E-state index is 16.0. The summed E-state index contributed by atoms with van der Waals surface area (Å²) in [6, 6.07) is 87.9. The molecule has 408 valence electrons. The minimum Gasteiger partial charge on any atom is -0.451 e. The van der Waals surface area contributed by atoms with Crippen molar-refractivity contribution in [2.24, 2.45) is 0 Å². The van der Waals surface area contributed by atoms with Gasteiger partial charge in [0.05, 0.1) is 33.5 Å². The predicted molar refractivity (Wildman–Crippen MR) is 349 cm³/mol. The summed E-state index contributed by atoms with van der Waals surface area (Å²) in [4.78, 5) is 4.58. The predicted octanol–water partition coefficient (Wildman–Crippen LogP) is 21.9. The fraction of sp³-hybridized carbons (Fsp3) is 0.0633. The minimum absolute atomic E-state index is 0.226. The molecule has 7 heteroatoms. The number of para-hydroxylation sites is 5. The van der Waals surface area contributed by atoms with Crippen LogP contribution in [0.4, 0.5) is 42.9 Å². The first kappa shape index (κ1) is 48.7. The number of hydrogen-bond acceptors (Lipinski definition) is 4. The molecule has 0 radical (unpaired) electrons. The van der Waals surface area contributed by atoms with E-state index < -0.39 is 17.0 Å². The summed E-state index contributed by atoms with van der Waals surface area (Å²) in [5, 5.41) is 9.95. The molecule has 1 spiro atoms. The summed E-state index contributed by atoms with van der Waals surface area (Å²) >= 11 is 0. The van der Waals surface area contributed by atoms with Crippen LogP contribution in [0.3, 0.4) is 0 Å². The van der Waals surface area contributed by atoms with Crippen molar-refractivity contribution in [3.8, 4) is 16.8 Å². The van der Waals surface area contributed by atoms with Crippen molar-refractivity contribution in [3.05, 3.63) is 294 Å². The van der Waals surface area contributed by atoms with Gasteiger partial charge in [-0.05, 0) is 164 Å². The third kappa shape index (κ3) is 6.57. The Morgan fingerprint density at radius 1 is 0.360 bits per heavy atom. The van der Waals surface area contributed by atoms with Gasteiger partial charge in [0, 0.05) is 55.1 Å². The zero-order valence-corrected chi connectivity index (χ0v) is 47.0. The number of anilines is 6. The summed E-state index contributed by atoms with van der Waals surface area (Å²) in [6.45, 7) is 4.35. The van der Waals surface area contributed by atoms with Crippen LogP contribution in [-0.2, 0) is 18.3 Å². The Morgan fingerprint density at radius 2 is 0.826 bits per heavy atom. The quantitative estimate of drug-likeness (QED) is 0.152. The Bertz CT molecular complexity index is 5470. The van der Waals surface area contributed by atoms with Crippen LogP contribution in [0.5, 0.6) is 0 Å². The topological polar surface area (TPSA) is 37.7 Å². The van der Waals surface area contributed by atoms with Crippen LogP contribution in [0.15, 0.2) is 258 Å². The third-order valence-corrected chi connectivity index (χ3v) is 18.8. The number of rotatable bonds is 8. The molecule has 0 saturated carbocycles. The van der Waals surface area contributed by atoms with Gasteiger partial charge in [0.15, 0.2) is 34.0 Å². The summed E-state index contributed by atoms with van der Waals surface area (Å²) in [7, 11) is 0. The normalized spacial score (nSPS) is 13.1. The van der Waals surface area contributed by atoms with E-state index in [1.807, 2.05) is 30.3 Å². The van der Waals surface area contributed by atoms with Gasteiger partial charge in [0.2, 0.25) is 0 Å². The van der Waals surface area contributed by atoms with Gasteiger partial charge in [-0.3, -0.25) is 0 Å². The van der Waals surface area contributed by atoms with E-state index in [0.717, 1.165) is 102 Å². The molecule has 0 saturated heterocycles. The standard InChI is InChI=1S/C79H51F2N3O2/c1-3-46-29-35-50(36-30-46)82(70-27-13-21-58-56-19-11-24-66(80)75(56)85-77(58)70)52-39-42-68-60(43-52)61-44-53(83(51-37-31-47(4-2)32-38-51)71-28-14-22-59-57-20-12-25-67(81)76(57)86-78(59)71)45-65-74(61)84(68)69-26-10-9-23-62(69)79(65)63-40-33-48-15-5-7-17-54(48)72(63)73-55-18-8-6-16-49(55)34-41-64(73)79/h5-45H,3-4H2,1-2H3. The lowest BCUT2D eigenvalue weighted by atomic mass is 9.65. The van der Waals surface area contributed by atoms with Crippen molar-refractivity contribution in [2.75, 3.05) is 9.80 Å². The Labute approximate surface area is 493 Å². The lowest BCUT2D eigenvalue weighted by molar-refractivity contribution is 0.584. The molecule has 3 aromatic heterocycles. The van der Waals surface area contributed by atoms with Gasteiger partial charge in [-0.15, -0.1) is 0 Å². The molecule has 0 bridgehead atoms. The molecule has 18 rings (SSSR count). The molecule has 1 aliphatic heterocycles. The molecule has 0 N–H and O–H groups in total. The zero-order chi connectivity index (χ0) is 57.1. The van der Waals surface area contributed by atoms with E-state index in [1.165, 1.54) is 72.6 Å². The first-order valence-electron chi connectivity index (χ1n) is 29.6. The molecule has 86 heavy (non-hydrogen) atoms. The van der Waals surface area contributed by atoms with Gasteiger partial charge >= 0.3 is 0 Å². The first-order chi connectivity index (χ1) is 42.4. The molecule has 0 fully saturated rings. The third-order valence-electron chi connectivity index (χ3n) is 18.8. The van der Waals surface area contributed by atoms with E-state index in [-0.39, 0.29) is 11.2 Å². The van der Waals surface area contributed by atoms with E-state index in [0.29, 0.717) is 11.2 Å². The van der Waals surface area contributed by atoms with Crippen molar-refractivity contribution >= 4 is 121 Å². The second-order valence-corrected chi connectivity index (χ2v) is 23.1. The summed E-state index contributed by atoms with van der Waals surface area (Å²) in [5.74, 6) is -0.808. The van der Waals surface area contributed by atoms with Gasteiger partial charge in [0.1, 0.15) is 0 Å². The molecule has 13 aromatic carbocycles. The van der Waals surface area contributed by atoms with E-state index in [1.54, 1.807) is 12.1 Å². The summed E-state index contributed by atoms with van der Waals surface area (Å²) < 4.78 is 47.6. The summed E-state index contributed by atoms with van der Waals surface area (Å²) in [6.07, 6.45) is 1.77. The summed E-state index contributed by atoms with van der Waals surface area (Å²) in [5.41, 5.74) is 18.9. The maximum absolute atomic E-state index is 16.0. The molecule has 5 nitrogen and oxygen atoms in total. The largest absolute Gasteiger partial charge is 0.451 e. The first-order valence-corrected chi connectivity index (χ1v) is 29.6. The number of aryl methyl sites for hydroxylation is 2. The number of fused-ring (bicyclic) bond motifs is 22. The van der Waals surface area contributed by atoms with Crippen LogP contribution in [0.2, 0.25) is 0 Å². The molecular formula is C79H51F2N3O2. The molecule has 2 aliphatic rings. The molecule has 0 amide bonds. The highest BCUT2D eigenvalue weighted by atomic mass is 19.1. The average Bonchev–Trinajstić information content (AvgIpc) is 1.47. The SMILES string of the molecule is CCc1ccc(N(c2ccc3c(c2)c2cc(N(c4ccc(CC)cc4)c4cccc5c4oc4c(F)cccc45)cc4c2n3-c2ccccc2C42c3ccc4ccccc4c3-c3c2ccc2ccccc32)c2cccc3c2oc2c(F)cccc23)cc1. The van der Waals surface area contributed by atoms with Crippen molar-refractivity contribution in [2.45, 2.75) is 32.1 Å². The molecule has 4 heterocycles. The number of hydrogen-bond donors (Lipinski definition) is 0. The van der Waals surface area contributed by atoms with Crippen LogP contribution in [-0.4, -0.2) is 4.57 Å². The van der Waals surface area contributed by atoms with Crippen molar-refractivity contribution in [3.63, 3.8) is 0 Å². The average molecular weight is 1110 g/mol. The zero-order valence-electron chi connectivity index (χ0n) is 47.0. The second-order valence-electron chi connectivity index (χ2n) is 23.1. The number of aromatic nitrogens is 1. The fourth-order valence-electron chi connectivity index (χ4n) is 15.0. The van der Waals surface area contributed by atoms with E-state index in [4.69, 9.17) is 8.83 Å². The number of furan rings is 2. The van der Waals surface area contributed by atoms with Gasteiger partial charge in [-0.25, -0.2) is 8.78 Å². The number of nitrogens with zero attached hydrogens (tertiary/aromatic N) is 3. The van der Waals surface area contributed by atoms with Crippen LogP contribution in [0.1, 0.15) is 47.2 Å². The van der Waals surface area contributed by atoms with Gasteiger partial charge in [-0.2, -0.15) is 0 Å². The van der Waals surface area contributed by atoms with Crippen molar-refractivity contribution in [1.29, 1.82) is 0 Å². The Morgan fingerprint density at radius 3 is 1.38 bits per heavy atom. The van der Waals surface area contributed by atoms with E-state index in [9.17, 15) is 0 Å². The van der Waals surface area contributed by atoms with E-state index in [2.05, 4.69) is 222 Å². The van der Waals surface area contributed by atoms with E-state index >= 15 is 8.78 Å². The number of halogens is 2. The number of benzene rings is 13. The monoisotopic (exact) mass is 1110 g/mol. The lowest BCUT2D eigenvalue weighted by Gasteiger charge is -2.40. The highest BCUT2D eigenvalue weighted by Gasteiger charge is 2.52. The lowest BCUT2D eigenvalue weighted by Crippen LogP contribution is -2.33. The van der Waals surface area contributed by atoms with Crippen LogP contribution in [0.25, 0.3) is 104 Å². The van der Waals surface area contributed by atoms with Gasteiger partial charge < -0.3 is 23.2 Å². The molecule has 1 aliphatic carbocycles. The van der Waals surface area contributed by atoms with Crippen LogP contribution in [0, 0.1) is 11.6 Å². The van der Waals surface area contributed by atoms with Gasteiger partial charge in [0.25, 0.3) is 0 Å². The molecule has 0 unspecified atom stereocenters. The molecular weight excluding hydrogens is 1060 g/mol. The smallest absolute Gasteiger partial charge is 0.171 e. The van der Waals surface area contributed by atoms with Crippen molar-refractivity contribution in [1.82, 2.24) is 4.57 Å². The van der Waals surface area contributed by atoms with Crippen molar-refractivity contribution < 1.29 is 17.6 Å². The minimum atomic E-state index is -0.845. The van der Waals surface area contributed by atoms with Crippen LogP contribution >= 0.6 is 0 Å². The molecule has 16 aromatic rings. The Kier molecular flexibility index (Phi) is 10.3. The van der Waals surface area contributed by atoms with Crippen LogP contribution < -0.4 is 9.80 Å². The maximum Gasteiger partial charge on any atom is 0.171 e. The highest BCUT2D eigenvalue weighted by molar-refractivity contribution is 6.19. The highest BCUT2D eigenvalue weighted by Crippen LogP contribution is 2.64. The van der Waals surface area contributed by atoms with Gasteiger partial charge in [-0.1, -0.05) is 178 Å².